The molecule has 2 heterocycles. The van der Waals surface area contributed by atoms with Gasteiger partial charge in [0.15, 0.2) is 11.5 Å². The van der Waals surface area contributed by atoms with Crippen molar-refractivity contribution >= 4 is 23.4 Å². The number of hydrazone groups is 1. The van der Waals surface area contributed by atoms with Crippen molar-refractivity contribution in [2.75, 3.05) is 17.8 Å². The number of carbonyl (C=O) groups is 1. The van der Waals surface area contributed by atoms with Crippen molar-refractivity contribution in [2.24, 2.45) is 5.10 Å². The smallest absolute Gasteiger partial charge is 0.340 e. The number of fused-ring (bicyclic) bond motifs is 1. The molecule has 0 aliphatic carbocycles. The van der Waals surface area contributed by atoms with Gasteiger partial charge in [0, 0.05) is 17.7 Å². The molecule has 0 saturated heterocycles. The summed E-state index contributed by atoms with van der Waals surface area (Å²) in [5.41, 5.74) is 9.36. The van der Waals surface area contributed by atoms with Gasteiger partial charge < -0.3 is 15.2 Å². The summed E-state index contributed by atoms with van der Waals surface area (Å²) in [6.45, 7) is 1.98. The van der Waals surface area contributed by atoms with Gasteiger partial charge >= 0.3 is 6.03 Å². The number of nitrogens with one attached hydrogen (secondary N) is 2. The van der Waals surface area contributed by atoms with E-state index in [2.05, 4.69) is 30.8 Å². The van der Waals surface area contributed by atoms with Crippen molar-refractivity contribution in [3.05, 3.63) is 23.8 Å². The third-order valence-electron chi connectivity index (χ3n) is 3.02. The summed E-state index contributed by atoms with van der Waals surface area (Å²) in [7, 11) is 0. The van der Waals surface area contributed by atoms with Crippen molar-refractivity contribution < 1.29 is 18.9 Å². The van der Waals surface area contributed by atoms with Crippen LogP contribution in [0.2, 0.25) is 0 Å². The summed E-state index contributed by atoms with van der Waals surface area (Å²) >= 11 is 0. The van der Waals surface area contributed by atoms with Crippen molar-refractivity contribution in [1.82, 2.24) is 15.7 Å². The number of rotatable bonds is 4. The van der Waals surface area contributed by atoms with Crippen LogP contribution in [0.3, 0.4) is 0 Å². The first-order valence-electron chi connectivity index (χ1n) is 6.69. The van der Waals surface area contributed by atoms with Crippen LogP contribution in [0.5, 0.6) is 11.5 Å². The van der Waals surface area contributed by atoms with Crippen molar-refractivity contribution in [2.45, 2.75) is 13.3 Å². The minimum absolute atomic E-state index is 0.0159. The monoisotopic (exact) mass is 318 g/mol. The Kier molecular flexibility index (Phi) is 3.95. The average molecular weight is 318 g/mol. The molecule has 23 heavy (non-hydrogen) atoms. The highest BCUT2D eigenvalue weighted by Crippen LogP contribution is 2.35. The largest absolute Gasteiger partial charge is 0.454 e. The lowest BCUT2D eigenvalue weighted by Gasteiger charge is -2.06. The zero-order valence-corrected chi connectivity index (χ0v) is 12.2. The molecule has 2 amide bonds. The van der Waals surface area contributed by atoms with Crippen LogP contribution in [0.4, 0.5) is 16.4 Å². The number of nitrogens with zero attached hydrogens (tertiary/aromatic N) is 3. The van der Waals surface area contributed by atoms with Crippen LogP contribution in [0.1, 0.15) is 12.5 Å². The van der Waals surface area contributed by atoms with Gasteiger partial charge in [-0.3, -0.25) is 5.32 Å². The Balaban J connectivity index is 1.59. The molecule has 2 aromatic rings. The third kappa shape index (κ3) is 3.31. The molecule has 0 saturated carbocycles. The summed E-state index contributed by atoms with van der Waals surface area (Å²) in [6, 6.07) is 5.01. The molecule has 1 aliphatic rings. The third-order valence-corrected chi connectivity index (χ3v) is 3.02. The Morgan fingerprint density at radius 1 is 1.39 bits per heavy atom. The molecule has 10 heteroatoms. The number of amides is 2. The summed E-state index contributed by atoms with van der Waals surface area (Å²) in [4.78, 5) is 11.7. The molecule has 0 radical (unpaired) electrons. The van der Waals surface area contributed by atoms with Gasteiger partial charge in [-0.2, -0.15) is 5.10 Å². The van der Waals surface area contributed by atoms with Gasteiger partial charge in [0.1, 0.15) is 0 Å². The van der Waals surface area contributed by atoms with E-state index in [1.54, 1.807) is 6.92 Å². The second kappa shape index (κ2) is 6.22. The minimum atomic E-state index is -0.607. The van der Waals surface area contributed by atoms with E-state index >= 15 is 0 Å². The molecule has 3 rings (SSSR count). The fraction of sp³-hybridized carbons (Fsp3) is 0.231. The van der Waals surface area contributed by atoms with Gasteiger partial charge in [-0.05, 0) is 23.3 Å². The first-order valence-corrected chi connectivity index (χ1v) is 6.69. The normalized spacial score (nSPS) is 13.0. The van der Waals surface area contributed by atoms with Gasteiger partial charge in [-0.25, -0.2) is 14.8 Å². The summed E-state index contributed by atoms with van der Waals surface area (Å²) in [6.07, 6.45) is 0.500. The maximum absolute atomic E-state index is 11.7. The molecular formula is C13H14N6O4. The molecule has 1 aliphatic heterocycles. The molecule has 0 spiro atoms. The number of aromatic nitrogens is 2. The number of benzene rings is 1. The Bertz CT molecular complexity index is 757. The van der Waals surface area contributed by atoms with Crippen molar-refractivity contribution in [1.29, 1.82) is 0 Å². The first kappa shape index (κ1) is 14.6. The number of para-hydroxylation sites is 1. The molecule has 4 N–H and O–H groups in total. The molecule has 0 unspecified atom stereocenters. The predicted molar refractivity (Wildman–Crippen MR) is 80.2 cm³/mol. The Hall–Kier alpha value is -3.30. The highest BCUT2D eigenvalue weighted by molar-refractivity contribution is 5.92. The van der Waals surface area contributed by atoms with Crippen LogP contribution >= 0.6 is 0 Å². The lowest BCUT2D eigenvalue weighted by Crippen LogP contribution is -2.26. The molecule has 0 bridgehead atoms. The molecular weight excluding hydrogens is 304 g/mol. The SMILES string of the molecule is C/C(Cc1cccc2c1OCO2)=N/NC(=O)Nc1nonc1N. The van der Waals surface area contributed by atoms with E-state index < -0.39 is 6.03 Å². The lowest BCUT2D eigenvalue weighted by molar-refractivity contribution is 0.173. The second-order valence-corrected chi connectivity index (χ2v) is 4.74. The molecule has 0 atom stereocenters. The Labute approximate surface area is 130 Å². The van der Waals surface area contributed by atoms with Crippen LogP contribution in [-0.2, 0) is 6.42 Å². The van der Waals surface area contributed by atoms with E-state index in [-0.39, 0.29) is 18.4 Å². The Morgan fingerprint density at radius 3 is 3.04 bits per heavy atom. The second-order valence-electron chi connectivity index (χ2n) is 4.74. The number of nitrogen functional groups attached to an aromatic ring is 1. The summed E-state index contributed by atoms with van der Waals surface area (Å²) < 4.78 is 15.1. The predicted octanol–water partition coefficient (Wildman–Crippen LogP) is 1.12. The number of nitrogens with two attached hydrogens (primary N) is 1. The van der Waals surface area contributed by atoms with Gasteiger partial charge in [-0.1, -0.05) is 12.1 Å². The number of carbonyl (C=O) groups excluding carboxylic acids is 1. The zero-order chi connectivity index (χ0) is 16.2. The van der Waals surface area contributed by atoms with Crippen LogP contribution < -0.4 is 25.9 Å². The highest BCUT2D eigenvalue weighted by atomic mass is 16.7. The van der Waals surface area contributed by atoms with E-state index in [0.29, 0.717) is 23.6 Å². The number of hydrogen-bond donors (Lipinski definition) is 3. The molecule has 0 fully saturated rings. The summed E-state index contributed by atoms with van der Waals surface area (Å²) in [5, 5.41) is 13.1. The summed E-state index contributed by atoms with van der Waals surface area (Å²) in [5.74, 6) is 1.42. The zero-order valence-electron chi connectivity index (χ0n) is 12.2. The fourth-order valence-corrected chi connectivity index (χ4v) is 2.01. The van der Waals surface area contributed by atoms with Crippen LogP contribution in [0.15, 0.2) is 27.9 Å². The molecule has 1 aromatic carbocycles. The lowest BCUT2D eigenvalue weighted by atomic mass is 10.1. The van der Waals surface area contributed by atoms with E-state index in [9.17, 15) is 4.79 Å². The van der Waals surface area contributed by atoms with Crippen LogP contribution in [0.25, 0.3) is 0 Å². The number of anilines is 2. The van der Waals surface area contributed by atoms with E-state index in [1.807, 2.05) is 18.2 Å². The van der Waals surface area contributed by atoms with Gasteiger partial charge in [0.2, 0.25) is 18.4 Å². The quantitative estimate of drug-likeness (QED) is 0.567. The highest BCUT2D eigenvalue weighted by Gasteiger charge is 2.17. The maximum Gasteiger partial charge on any atom is 0.340 e. The number of ether oxygens (including phenoxy) is 2. The van der Waals surface area contributed by atoms with E-state index in [1.165, 1.54) is 0 Å². The maximum atomic E-state index is 11.7. The van der Waals surface area contributed by atoms with Gasteiger partial charge in [-0.15, -0.1) is 0 Å². The van der Waals surface area contributed by atoms with Gasteiger partial charge in [0.05, 0.1) is 0 Å². The standard InChI is InChI=1S/C13H14N6O4/c1-7(5-8-3-2-4-9-10(8)22-6-21-9)16-17-13(20)15-12-11(14)18-23-19-12/h2-4H,5-6H2,1H3,(H2,14,18)(H2,15,17,19,20)/b16-7-. The average Bonchev–Trinajstić information content (AvgIpc) is 3.15. The number of hydrogen-bond acceptors (Lipinski definition) is 8. The topological polar surface area (TPSA) is 137 Å². The van der Waals surface area contributed by atoms with E-state index in [4.69, 9.17) is 15.2 Å². The first-order chi connectivity index (χ1) is 11.1. The molecule has 120 valence electrons. The fourth-order valence-electron chi connectivity index (χ4n) is 2.01. The van der Waals surface area contributed by atoms with Crippen molar-refractivity contribution in [3.8, 4) is 11.5 Å². The molecule has 1 aromatic heterocycles. The Morgan fingerprint density at radius 2 is 2.26 bits per heavy atom. The van der Waals surface area contributed by atoms with Crippen LogP contribution in [-0.4, -0.2) is 28.8 Å². The number of urea groups is 1. The van der Waals surface area contributed by atoms with Crippen molar-refractivity contribution in [3.63, 3.8) is 0 Å². The van der Waals surface area contributed by atoms with E-state index in [0.717, 1.165) is 5.56 Å². The minimum Gasteiger partial charge on any atom is -0.454 e. The van der Waals surface area contributed by atoms with Crippen LogP contribution in [0, 0.1) is 0 Å². The van der Waals surface area contributed by atoms with Gasteiger partial charge in [0.25, 0.3) is 0 Å². The molecule has 10 nitrogen and oxygen atoms in total.